The van der Waals surface area contributed by atoms with Crippen LogP contribution in [0, 0.1) is 0 Å². The molecule has 9 aliphatic rings. The lowest BCUT2D eigenvalue weighted by atomic mass is 9.70. The fourth-order valence-corrected chi connectivity index (χ4v) is 14.0. The number of phenolic OH excluding ortho intramolecular Hbond substituents is 3. The summed E-state index contributed by atoms with van der Waals surface area (Å²) < 4.78 is 83.6. The van der Waals surface area contributed by atoms with Crippen LogP contribution in [0.3, 0.4) is 0 Å². The van der Waals surface area contributed by atoms with Crippen LogP contribution in [0.1, 0.15) is 161 Å². The first kappa shape index (κ1) is 61.5. The van der Waals surface area contributed by atoms with E-state index in [2.05, 4.69) is 0 Å². The molecule has 7 heterocycles. The molecule has 7 aliphatic heterocycles. The van der Waals surface area contributed by atoms with Crippen molar-refractivity contribution in [3.8, 4) is 17.2 Å². The van der Waals surface area contributed by atoms with Crippen molar-refractivity contribution in [2.75, 3.05) is 28.2 Å². The maximum absolute atomic E-state index is 14.6. The van der Waals surface area contributed by atoms with Gasteiger partial charge in [0.25, 0.3) is 0 Å². The van der Waals surface area contributed by atoms with Gasteiger partial charge in [0.05, 0.1) is 65.0 Å². The second-order valence-corrected chi connectivity index (χ2v) is 24.7. The second kappa shape index (κ2) is 24.1. The van der Waals surface area contributed by atoms with E-state index in [-0.39, 0.29) is 78.4 Å². The van der Waals surface area contributed by atoms with Crippen LogP contribution in [-0.4, -0.2) is 221 Å². The third kappa shape index (κ3) is 11.4. The average Bonchev–Trinajstić information content (AvgIpc) is 0.779. The Morgan fingerprint density at radius 1 is 0.583 bits per heavy atom. The topological polar surface area (TPSA) is 296 Å². The highest BCUT2D eigenvalue weighted by molar-refractivity contribution is 6.31. The second-order valence-electron chi connectivity index (χ2n) is 24.7. The Labute approximate surface area is 488 Å². The molecule has 2 aliphatic carbocycles. The molecule has 0 radical (unpaired) electrons. The molecule has 0 spiro atoms. The van der Waals surface area contributed by atoms with Crippen LogP contribution in [-0.2, 0) is 71.2 Å². The molecule has 2 aromatic carbocycles. The van der Waals surface area contributed by atoms with Crippen LogP contribution in [0.2, 0.25) is 0 Å². The van der Waals surface area contributed by atoms with Gasteiger partial charge in [-0.05, 0) is 82.2 Å². The number of hydrogen-bond donors (Lipinski definition) is 5. The summed E-state index contributed by atoms with van der Waals surface area (Å²) in [6.07, 6.45) is -14.9. The van der Waals surface area contributed by atoms with Crippen molar-refractivity contribution in [1.29, 1.82) is 0 Å². The van der Waals surface area contributed by atoms with Gasteiger partial charge in [-0.1, -0.05) is 19.1 Å². The van der Waals surface area contributed by atoms with Crippen molar-refractivity contribution in [3.63, 3.8) is 0 Å². The van der Waals surface area contributed by atoms with Gasteiger partial charge in [-0.15, -0.1) is 0 Å². The Balaban J connectivity index is 0.846. The zero-order chi connectivity index (χ0) is 60.1. The van der Waals surface area contributed by atoms with Crippen molar-refractivity contribution in [2.45, 2.75) is 253 Å². The molecule has 7 fully saturated rings. The van der Waals surface area contributed by atoms with E-state index in [0.717, 1.165) is 0 Å². The molecule has 11 rings (SSSR count). The first-order valence-electron chi connectivity index (χ1n) is 29.7. The maximum atomic E-state index is 14.6. The van der Waals surface area contributed by atoms with Gasteiger partial charge in [0.2, 0.25) is 5.78 Å². The van der Waals surface area contributed by atoms with Crippen molar-refractivity contribution in [1.82, 2.24) is 9.80 Å². The lowest BCUT2D eigenvalue weighted by molar-refractivity contribution is -0.371. The number of ketones is 4. The van der Waals surface area contributed by atoms with E-state index in [1.165, 1.54) is 18.2 Å². The van der Waals surface area contributed by atoms with E-state index in [1.54, 1.807) is 34.6 Å². The molecular formula is C60H82N2O22. The number of Topliss-reactive ketones (excluding diaryl/α,β-unsaturated/α-hetero) is 2. The Bertz CT molecular complexity index is 2810. The highest BCUT2D eigenvalue weighted by atomic mass is 16.8. The number of carbonyl (C=O) groups is 4. The molecule has 84 heavy (non-hydrogen) atoms. The molecule has 464 valence electrons. The van der Waals surface area contributed by atoms with Crippen molar-refractivity contribution in [2.24, 2.45) is 0 Å². The first-order valence-corrected chi connectivity index (χ1v) is 29.7. The molecule has 2 aromatic rings. The number of aliphatic hydroxyl groups excluding tert-OH is 1. The summed E-state index contributed by atoms with van der Waals surface area (Å²) in [6, 6.07) is 3.17. The van der Waals surface area contributed by atoms with E-state index in [4.69, 9.17) is 61.6 Å². The summed E-state index contributed by atoms with van der Waals surface area (Å²) in [7, 11) is 7.50. The Kier molecular flexibility index (Phi) is 17.6. The predicted octanol–water partition coefficient (Wildman–Crippen LogP) is 4.11. The summed E-state index contributed by atoms with van der Waals surface area (Å²) in [6.45, 7) is 12.4. The number of hydrogen-bond acceptors (Lipinski definition) is 24. The number of phenols is 3. The third-order valence-corrected chi connectivity index (χ3v) is 18.7. The smallest absolute Gasteiger partial charge is 0.202 e. The normalized spacial score (nSPS) is 42.5. The van der Waals surface area contributed by atoms with Gasteiger partial charge in [-0.2, -0.15) is 0 Å². The molecule has 0 aromatic heterocycles. The van der Waals surface area contributed by atoms with Crippen molar-refractivity contribution in [3.05, 3.63) is 51.6 Å². The fraction of sp³-hybridized carbons (Fsp3) is 0.733. The molecule has 24 heteroatoms. The van der Waals surface area contributed by atoms with Gasteiger partial charge in [-0.3, -0.25) is 19.2 Å². The van der Waals surface area contributed by atoms with Gasteiger partial charge >= 0.3 is 0 Å². The molecule has 0 bridgehead atoms. The lowest BCUT2D eigenvalue weighted by Crippen LogP contribution is -2.62. The predicted molar refractivity (Wildman–Crippen MR) is 290 cm³/mol. The molecular weight excluding hydrogens is 1100 g/mol. The largest absolute Gasteiger partial charge is 0.507 e. The van der Waals surface area contributed by atoms with Gasteiger partial charge < -0.3 is 96.9 Å². The van der Waals surface area contributed by atoms with E-state index >= 15 is 0 Å². The van der Waals surface area contributed by atoms with E-state index < -0.39 is 181 Å². The summed E-state index contributed by atoms with van der Waals surface area (Å²) in [5, 5.41) is 60.8. The third-order valence-electron chi connectivity index (χ3n) is 18.7. The summed E-state index contributed by atoms with van der Waals surface area (Å²) in [4.78, 5) is 57.7. The number of rotatable bonds is 13. The Morgan fingerprint density at radius 2 is 1.14 bits per heavy atom. The van der Waals surface area contributed by atoms with Crippen LogP contribution in [0.4, 0.5) is 0 Å². The molecule has 5 N–H and O–H groups in total. The van der Waals surface area contributed by atoms with Gasteiger partial charge in [0.15, 0.2) is 55.1 Å². The Hall–Kier alpha value is -4.16. The minimum absolute atomic E-state index is 0.00431. The minimum Gasteiger partial charge on any atom is -0.507 e. The lowest BCUT2D eigenvalue weighted by Gasteiger charge is -2.51. The van der Waals surface area contributed by atoms with Gasteiger partial charge in [0, 0.05) is 80.1 Å². The number of aliphatic hydroxyl groups is 2. The fourth-order valence-electron chi connectivity index (χ4n) is 14.0. The number of likely N-dealkylation sites (N-methyl/N-ethyl adjacent to an activating group) is 2. The zero-order valence-corrected chi connectivity index (χ0v) is 49.4. The quantitative estimate of drug-likeness (QED) is 0.151. The highest BCUT2D eigenvalue weighted by Gasteiger charge is 2.56. The molecule has 24 atom stereocenters. The van der Waals surface area contributed by atoms with Crippen molar-refractivity contribution < 1.29 is 106 Å². The van der Waals surface area contributed by atoms with E-state index in [9.17, 15) is 44.7 Å². The zero-order valence-electron chi connectivity index (χ0n) is 49.4. The average molecular weight is 1180 g/mol. The molecule has 21 unspecified atom stereocenters. The molecule has 7 saturated heterocycles. The number of benzene rings is 2. The van der Waals surface area contributed by atoms with E-state index in [1.807, 2.05) is 51.8 Å². The van der Waals surface area contributed by atoms with Crippen LogP contribution < -0.4 is 0 Å². The molecule has 0 saturated carbocycles. The monoisotopic (exact) mass is 1180 g/mol. The van der Waals surface area contributed by atoms with Crippen LogP contribution >= 0.6 is 0 Å². The van der Waals surface area contributed by atoms with Gasteiger partial charge in [-0.25, -0.2) is 0 Å². The first-order chi connectivity index (χ1) is 39.8. The van der Waals surface area contributed by atoms with E-state index in [0.29, 0.717) is 19.3 Å². The van der Waals surface area contributed by atoms with Crippen LogP contribution in [0.15, 0.2) is 18.2 Å². The Morgan fingerprint density at radius 3 is 1.76 bits per heavy atom. The SMILES string of the molecule is CC[C@@]1(O)C[C@H](OC2CC(N(C)C)C(OC3CC4OC5CC(=O)C(C)OC5OC4C(C)O3)C(C)O2)c2c(O)c3c(c(O)c2[C@H]1OC1CC(N(C)C)C(OC2CC(O)C(OC4CCC(=O)C(C)O4)C(C)O2)C(C)O1)C(=O)c1cccc(O)c1C3=O. The maximum Gasteiger partial charge on any atom is 0.202 e. The summed E-state index contributed by atoms with van der Waals surface area (Å²) >= 11 is 0. The van der Waals surface area contributed by atoms with Crippen molar-refractivity contribution >= 4 is 23.1 Å². The standard InChI is InChI=1S/C60H82N2O22/c1-12-60(71)23-39(79-41-18-31(61(8)9)55(26(4)73-41)82-44-22-37-57(29(7)76-44)84-59-38(78-37)20-35(65)25(3)77-59)46-49(53(70)47-48(52(46)69)51(68)45-30(50(47)67)14-13-15-34(45)64)58(60)83-42-19-32(62(10)11)54(27(5)74-42)81-43-21-36(66)56(28(6)75-43)80-40-17-16-33(63)24(2)72-40/h13-15,24-29,31-32,36-44,54-59,64,66,69-71H,12,16-23H2,1-11H3/t24?,25?,26?,27?,28?,29?,31?,32?,36?,37?,38?,39-,40?,41?,42?,43?,44?,54?,55?,56?,57?,58+,59?,60+/m0/s1. The minimum atomic E-state index is -1.90. The number of carbonyl (C=O) groups excluding carboxylic acids is 4. The highest BCUT2D eigenvalue weighted by Crippen LogP contribution is 2.58. The number of aromatic hydroxyl groups is 3. The van der Waals surface area contributed by atoms with Crippen LogP contribution in [0.5, 0.6) is 17.2 Å². The summed E-state index contributed by atoms with van der Waals surface area (Å²) in [5.74, 6) is -3.77. The number of ether oxygens (including phenoxy) is 13. The summed E-state index contributed by atoms with van der Waals surface area (Å²) in [5.41, 5.74) is -3.85. The van der Waals surface area contributed by atoms with Gasteiger partial charge in [0.1, 0.15) is 66.1 Å². The molecule has 0 amide bonds. The van der Waals surface area contributed by atoms with Crippen LogP contribution in [0.25, 0.3) is 0 Å². The number of nitrogens with zero attached hydrogens (tertiary/aromatic N) is 2. The molecule has 24 nitrogen and oxygen atoms in total. The number of fused-ring (bicyclic) bond motifs is 5.